The van der Waals surface area contributed by atoms with Gasteiger partial charge in [0, 0.05) is 43.2 Å². The zero-order chi connectivity index (χ0) is 21.3. The average molecular weight is 402 g/mol. The molecule has 0 aliphatic rings. The number of carbonyl (C=O) groups is 1. The van der Waals surface area contributed by atoms with Crippen LogP contribution in [0.1, 0.15) is 22.3 Å². The lowest BCUT2D eigenvalue weighted by Crippen LogP contribution is -2.28. The van der Waals surface area contributed by atoms with Crippen LogP contribution in [0, 0.1) is 6.92 Å². The van der Waals surface area contributed by atoms with E-state index >= 15 is 0 Å². The molecule has 154 valence electrons. The van der Waals surface area contributed by atoms with Crippen LogP contribution in [0.4, 0.5) is 0 Å². The maximum absolute atomic E-state index is 13.1. The fourth-order valence-corrected chi connectivity index (χ4v) is 3.14. The molecule has 0 radical (unpaired) electrons. The number of amides is 1. The summed E-state index contributed by atoms with van der Waals surface area (Å²) in [5, 5.41) is 0. The third kappa shape index (κ3) is 5.47. The summed E-state index contributed by atoms with van der Waals surface area (Å²) in [5.74, 6) is 1.27. The Bertz CT molecular complexity index is 1020. The van der Waals surface area contributed by atoms with Crippen molar-refractivity contribution in [3.63, 3.8) is 0 Å². The van der Waals surface area contributed by atoms with Gasteiger partial charge in [-0.2, -0.15) is 0 Å². The summed E-state index contributed by atoms with van der Waals surface area (Å²) in [6.45, 7) is 3.05. The van der Waals surface area contributed by atoms with Gasteiger partial charge in [-0.1, -0.05) is 30.3 Å². The second-order valence-electron chi connectivity index (χ2n) is 6.92. The Labute approximate surface area is 177 Å². The van der Waals surface area contributed by atoms with Gasteiger partial charge in [0.15, 0.2) is 0 Å². The molecule has 5 heteroatoms. The molecule has 0 N–H and O–H groups in total. The minimum atomic E-state index is -0.0834. The van der Waals surface area contributed by atoms with E-state index in [0.717, 1.165) is 22.3 Å². The number of aryl methyl sites for hydroxylation is 1. The monoisotopic (exact) mass is 402 g/mol. The molecular formula is C25H26N2O3. The smallest absolute Gasteiger partial charge is 0.247 e. The SMILES string of the molecule is COc1ccc(C=CC(=O)N(Cc2cccnc2)Cc2ccccc2C)c(OC)c1. The predicted octanol–water partition coefficient (Wildman–Crippen LogP) is 4.65. The number of nitrogens with zero attached hydrogens (tertiary/aromatic N) is 2. The van der Waals surface area contributed by atoms with E-state index in [9.17, 15) is 4.79 Å². The second-order valence-corrected chi connectivity index (χ2v) is 6.92. The number of rotatable bonds is 8. The second kappa shape index (κ2) is 10.3. The first kappa shape index (κ1) is 21.1. The van der Waals surface area contributed by atoms with E-state index in [1.54, 1.807) is 44.8 Å². The van der Waals surface area contributed by atoms with E-state index < -0.39 is 0 Å². The van der Waals surface area contributed by atoms with Gasteiger partial charge in [0.05, 0.1) is 14.2 Å². The Balaban J connectivity index is 1.84. The Morgan fingerprint density at radius 2 is 1.87 bits per heavy atom. The lowest BCUT2D eigenvalue weighted by molar-refractivity contribution is -0.127. The summed E-state index contributed by atoms with van der Waals surface area (Å²) in [5.41, 5.74) is 4.06. The topological polar surface area (TPSA) is 51.7 Å². The molecule has 2 aromatic carbocycles. The molecule has 1 amide bonds. The number of benzene rings is 2. The van der Waals surface area contributed by atoms with Crippen molar-refractivity contribution in [2.45, 2.75) is 20.0 Å². The Morgan fingerprint density at radius 3 is 2.57 bits per heavy atom. The molecule has 0 aliphatic heterocycles. The van der Waals surface area contributed by atoms with E-state index in [1.807, 2.05) is 41.3 Å². The van der Waals surface area contributed by atoms with E-state index in [4.69, 9.17) is 9.47 Å². The van der Waals surface area contributed by atoms with Crippen LogP contribution >= 0.6 is 0 Å². The molecule has 3 rings (SSSR count). The molecule has 1 aromatic heterocycles. The zero-order valence-corrected chi connectivity index (χ0v) is 17.5. The maximum Gasteiger partial charge on any atom is 0.247 e. The largest absolute Gasteiger partial charge is 0.497 e. The minimum absolute atomic E-state index is 0.0834. The van der Waals surface area contributed by atoms with Gasteiger partial charge in [0.1, 0.15) is 11.5 Å². The van der Waals surface area contributed by atoms with Gasteiger partial charge in [0.25, 0.3) is 0 Å². The van der Waals surface area contributed by atoms with Gasteiger partial charge in [-0.3, -0.25) is 9.78 Å². The quantitative estimate of drug-likeness (QED) is 0.515. The number of pyridine rings is 1. The van der Waals surface area contributed by atoms with Crippen LogP contribution < -0.4 is 9.47 Å². The molecule has 1 heterocycles. The highest BCUT2D eigenvalue weighted by atomic mass is 16.5. The molecule has 0 saturated heterocycles. The van der Waals surface area contributed by atoms with Crippen LogP contribution in [0.5, 0.6) is 11.5 Å². The van der Waals surface area contributed by atoms with Crippen molar-refractivity contribution in [2.24, 2.45) is 0 Å². The number of aromatic nitrogens is 1. The molecule has 3 aromatic rings. The first-order valence-electron chi connectivity index (χ1n) is 9.73. The fraction of sp³-hybridized carbons (Fsp3) is 0.200. The van der Waals surface area contributed by atoms with Gasteiger partial charge in [0.2, 0.25) is 5.91 Å². The van der Waals surface area contributed by atoms with Gasteiger partial charge in [-0.25, -0.2) is 0 Å². The molecule has 0 unspecified atom stereocenters. The first-order chi connectivity index (χ1) is 14.6. The fourth-order valence-electron chi connectivity index (χ4n) is 3.14. The van der Waals surface area contributed by atoms with Gasteiger partial charge < -0.3 is 14.4 Å². The van der Waals surface area contributed by atoms with Crippen LogP contribution in [-0.4, -0.2) is 30.0 Å². The van der Waals surface area contributed by atoms with Crippen molar-refractivity contribution in [1.29, 1.82) is 0 Å². The predicted molar refractivity (Wildman–Crippen MR) is 118 cm³/mol. The van der Waals surface area contributed by atoms with E-state index in [0.29, 0.717) is 24.6 Å². The Morgan fingerprint density at radius 1 is 1.03 bits per heavy atom. The van der Waals surface area contributed by atoms with E-state index in [-0.39, 0.29) is 5.91 Å². The van der Waals surface area contributed by atoms with Crippen LogP contribution in [0.25, 0.3) is 6.08 Å². The highest BCUT2D eigenvalue weighted by Crippen LogP contribution is 2.25. The third-order valence-corrected chi connectivity index (χ3v) is 4.88. The standard InChI is InChI=1S/C25H26N2O3/c1-19-7-4-5-9-22(19)18-27(17-20-8-6-14-26-16-20)25(28)13-11-21-10-12-23(29-2)15-24(21)30-3/h4-16H,17-18H2,1-3H3. The number of hydrogen-bond acceptors (Lipinski definition) is 4. The summed E-state index contributed by atoms with van der Waals surface area (Å²) in [6, 6.07) is 17.5. The summed E-state index contributed by atoms with van der Waals surface area (Å²) in [6.07, 6.45) is 6.87. The van der Waals surface area contributed by atoms with Crippen LogP contribution in [0.2, 0.25) is 0 Å². The molecule has 0 fully saturated rings. The summed E-state index contributed by atoms with van der Waals surface area (Å²) in [7, 11) is 3.20. The minimum Gasteiger partial charge on any atom is -0.497 e. The summed E-state index contributed by atoms with van der Waals surface area (Å²) >= 11 is 0. The van der Waals surface area contributed by atoms with Crippen molar-refractivity contribution in [3.05, 3.63) is 95.3 Å². The van der Waals surface area contributed by atoms with Crippen LogP contribution in [-0.2, 0) is 17.9 Å². The summed E-state index contributed by atoms with van der Waals surface area (Å²) in [4.78, 5) is 19.1. The van der Waals surface area contributed by atoms with Gasteiger partial charge in [-0.15, -0.1) is 0 Å². The third-order valence-electron chi connectivity index (χ3n) is 4.88. The number of hydrogen-bond donors (Lipinski definition) is 0. The van der Waals surface area contributed by atoms with Crippen LogP contribution in [0.3, 0.4) is 0 Å². The van der Waals surface area contributed by atoms with E-state index in [1.165, 1.54) is 0 Å². The maximum atomic E-state index is 13.1. The van der Waals surface area contributed by atoms with Crippen molar-refractivity contribution in [2.75, 3.05) is 14.2 Å². The molecule has 30 heavy (non-hydrogen) atoms. The van der Waals surface area contributed by atoms with Gasteiger partial charge >= 0.3 is 0 Å². The van der Waals surface area contributed by atoms with Crippen molar-refractivity contribution >= 4 is 12.0 Å². The van der Waals surface area contributed by atoms with Crippen molar-refractivity contribution < 1.29 is 14.3 Å². The molecule has 0 bridgehead atoms. The molecule has 0 atom stereocenters. The first-order valence-corrected chi connectivity index (χ1v) is 9.73. The average Bonchev–Trinajstić information content (AvgIpc) is 2.79. The number of methoxy groups -OCH3 is 2. The number of carbonyl (C=O) groups excluding carboxylic acids is 1. The van der Waals surface area contributed by atoms with E-state index in [2.05, 4.69) is 24.0 Å². The lowest BCUT2D eigenvalue weighted by atomic mass is 10.1. The van der Waals surface area contributed by atoms with Gasteiger partial charge in [-0.05, 0) is 47.9 Å². The molecule has 0 aliphatic carbocycles. The molecular weight excluding hydrogens is 376 g/mol. The van der Waals surface area contributed by atoms with Crippen LogP contribution in [0.15, 0.2) is 73.1 Å². The molecule has 5 nitrogen and oxygen atoms in total. The zero-order valence-electron chi connectivity index (χ0n) is 17.5. The molecule has 0 saturated carbocycles. The normalized spacial score (nSPS) is 10.8. The van der Waals surface area contributed by atoms with Crippen molar-refractivity contribution in [1.82, 2.24) is 9.88 Å². The lowest BCUT2D eigenvalue weighted by Gasteiger charge is -2.22. The molecule has 0 spiro atoms. The Kier molecular flexibility index (Phi) is 7.22. The highest BCUT2D eigenvalue weighted by molar-refractivity contribution is 5.92. The number of ether oxygens (including phenoxy) is 2. The highest BCUT2D eigenvalue weighted by Gasteiger charge is 2.14. The Hall–Kier alpha value is -3.60. The van der Waals surface area contributed by atoms with Crippen molar-refractivity contribution in [3.8, 4) is 11.5 Å². The summed E-state index contributed by atoms with van der Waals surface area (Å²) < 4.78 is 10.7.